The van der Waals surface area contributed by atoms with Crippen LogP contribution in [0.15, 0.2) is 72.8 Å². The molecule has 2 aliphatic rings. The predicted octanol–water partition coefficient (Wildman–Crippen LogP) is 4.67. The lowest BCUT2D eigenvalue weighted by molar-refractivity contribution is -0.253. The zero-order chi connectivity index (χ0) is 28.6. The number of urea groups is 1. The molecule has 2 amide bonds. The Morgan fingerprint density at radius 2 is 1.71 bits per heavy atom. The molecule has 2 aliphatic heterocycles. The van der Waals surface area contributed by atoms with Crippen LogP contribution in [0.3, 0.4) is 0 Å². The average Bonchev–Trinajstić information content (AvgIpc) is 3.47. The van der Waals surface area contributed by atoms with Crippen molar-refractivity contribution in [3.63, 3.8) is 0 Å². The standard InChI is InChI=1S/C33H41N3O5/c1-2-34-33(39)35-19-24-6-3-7-26(16-24)27-8-4-9-28(17-27)32-40-30(20-36-15-5-10-29(36)22-38)18-31(41-32)25-13-11-23(21-37)12-14-25/h3-4,6-9,11-14,16-17,29-32,37-38H,2,5,10,15,18-22H2,1H3,(H2,34,35,39)/t29-,30-,31+,32+/m0/s1. The van der Waals surface area contributed by atoms with Gasteiger partial charge in [-0.15, -0.1) is 0 Å². The lowest BCUT2D eigenvalue weighted by Gasteiger charge is -2.38. The SMILES string of the molecule is CCNC(=O)NCc1cccc(-c2cccc([C@@H]3O[C@H](CN4CCC[C@H]4CO)C[C@H](c4ccc(CO)cc4)O3)c2)c1. The molecule has 0 spiro atoms. The number of aliphatic hydroxyl groups excluding tert-OH is 2. The summed E-state index contributed by atoms with van der Waals surface area (Å²) >= 11 is 0. The fourth-order valence-corrected chi connectivity index (χ4v) is 5.77. The maximum Gasteiger partial charge on any atom is 0.315 e. The van der Waals surface area contributed by atoms with E-state index in [2.05, 4.69) is 39.8 Å². The van der Waals surface area contributed by atoms with Gasteiger partial charge in [0.1, 0.15) is 0 Å². The number of hydrogen-bond donors (Lipinski definition) is 4. The maximum absolute atomic E-state index is 11.8. The lowest BCUT2D eigenvalue weighted by atomic mass is 9.98. The molecule has 41 heavy (non-hydrogen) atoms. The molecule has 5 rings (SSSR count). The van der Waals surface area contributed by atoms with E-state index in [9.17, 15) is 15.0 Å². The largest absolute Gasteiger partial charge is 0.395 e. The van der Waals surface area contributed by atoms with Crippen molar-refractivity contribution >= 4 is 6.03 Å². The first-order valence-corrected chi connectivity index (χ1v) is 14.6. The van der Waals surface area contributed by atoms with Crippen molar-refractivity contribution in [2.45, 2.75) is 63.9 Å². The molecule has 0 aromatic heterocycles. The number of amides is 2. The summed E-state index contributed by atoms with van der Waals surface area (Å²) in [5.41, 5.74) is 5.97. The summed E-state index contributed by atoms with van der Waals surface area (Å²) in [6, 6.07) is 24.3. The van der Waals surface area contributed by atoms with Crippen LogP contribution in [0.1, 0.15) is 60.8 Å². The third-order valence-corrected chi connectivity index (χ3v) is 7.97. The quantitative estimate of drug-likeness (QED) is 0.288. The molecular formula is C33H41N3O5. The molecule has 0 bridgehead atoms. The number of nitrogens with one attached hydrogen (secondary N) is 2. The topological polar surface area (TPSA) is 103 Å². The van der Waals surface area contributed by atoms with Crippen molar-refractivity contribution < 1.29 is 24.5 Å². The molecule has 3 aromatic rings. The van der Waals surface area contributed by atoms with Crippen LogP contribution in [-0.4, -0.2) is 59.5 Å². The summed E-state index contributed by atoms with van der Waals surface area (Å²) < 4.78 is 13.2. The third-order valence-electron chi connectivity index (χ3n) is 7.97. The number of likely N-dealkylation sites (tertiary alicyclic amines) is 1. The number of rotatable bonds is 10. The minimum absolute atomic E-state index is 0.00760. The van der Waals surface area contributed by atoms with Crippen LogP contribution < -0.4 is 10.6 Å². The smallest absolute Gasteiger partial charge is 0.315 e. The van der Waals surface area contributed by atoms with Gasteiger partial charge in [0.05, 0.1) is 25.4 Å². The molecule has 0 saturated carbocycles. The minimum Gasteiger partial charge on any atom is -0.395 e. The summed E-state index contributed by atoms with van der Waals surface area (Å²) in [6.45, 7) is 4.80. The summed E-state index contributed by atoms with van der Waals surface area (Å²) in [6.07, 6.45) is 2.04. The first kappa shape index (κ1) is 29.2. The molecule has 4 atom stereocenters. The normalized spacial score (nSPS) is 22.9. The fraction of sp³-hybridized carbons (Fsp3) is 0.424. The molecule has 8 heteroatoms. The Labute approximate surface area is 242 Å². The lowest BCUT2D eigenvalue weighted by Crippen LogP contribution is -2.42. The molecule has 2 fully saturated rings. The van der Waals surface area contributed by atoms with Gasteiger partial charge in [-0.25, -0.2) is 4.79 Å². The van der Waals surface area contributed by atoms with E-state index in [0.717, 1.165) is 59.3 Å². The summed E-state index contributed by atoms with van der Waals surface area (Å²) in [5, 5.41) is 25.0. The van der Waals surface area contributed by atoms with E-state index in [0.29, 0.717) is 19.5 Å². The van der Waals surface area contributed by atoms with Crippen LogP contribution in [0, 0.1) is 0 Å². The second kappa shape index (κ2) is 14.1. The Hall–Kier alpha value is -3.27. The van der Waals surface area contributed by atoms with Gasteiger partial charge in [0, 0.05) is 37.7 Å². The monoisotopic (exact) mass is 559 g/mol. The molecule has 2 saturated heterocycles. The van der Waals surface area contributed by atoms with Gasteiger partial charge < -0.3 is 30.3 Å². The Kier molecular flexibility index (Phi) is 10.0. The van der Waals surface area contributed by atoms with Crippen molar-refractivity contribution in [3.8, 4) is 11.1 Å². The predicted molar refractivity (Wildman–Crippen MR) is 158 cm³/mol. The van der Waals surface area contributed by atoms with Crippen molar-refractivity contribution in [1.29, 1.82) is 0 Å². The van der Waals surface area contributed by atoms with Gasteiger partial charge >= 0.3 is 6.03 Å². The molecular weight excluding hydrogens is 518 g/mol. The molecule has 2 heterocycles. The molecule has 0 unspecified atom stereocenters. The molecule has 3 aromatic carbocycles. The first-order valence-electron chi connectivity index (χ1n) is 14.6. The van der Waals surface area contributed by atoms with Crippen LogP contribution >= 0.6 is 0 Å². The van der Waals surface area contributed by atoms with E-state index in [1.165, 1.54) is 0 Å². The number of benzene rings is 3. The van der Waals surface area contributed by atoms with Gasteiger partial charge in [-0.05, 0) is 66.3 Å². The van der Waals surface area contributed by atoms with Gasteiger partial charge in [0.15, 0.2) is 6.29 Å². The van der Waals surface area contributed by atoms with Gasteiger partial charge in [-0.3, -0.25) is 4.90 Å². The van der Waals surface area contributed by atoms with Gasteiger partial charge in [-0.2, -0.15) is 0 Å². The van der Waals surface area contributed by atoms with Crippen molar-refractivity contribution in [1.82, 2.24) is 15.5 Å². The van der Waals surface area contributed by atoms with E-state index < -0.39 is 6.29 Å². The third kappa shape index (κ3) is 7.52. The number of aliphatic hydroxyl groups is 2. The molecule has 4 N–H and O–H groups in total. The Morgan fingerprint density at radius 3 is 2.46 bits per heavy atom. The number of hydrogen-bond acceptors (Lipinski definition) is 6. The van der Waals surface area contributed by atoms with E-state index >= 15 is 0 Å². The Morgan fingerprint density at radius 1 is 0.927 bits per heavy atom. The van der Waals surface area contributed by atoms with Crippen LogP contribution in [-0.2, 0) is 22.6 Å². The number of carbonyl (C=O) groups excluding carboxylic acids is 1. The van der Waals surface area contributed by atoms with E-state index in [4.69, 9.17) is 9.47 Å². The summed E-state index contributed by atoms with van der Waals surface area (Å²) in [4.78, 5) is 14.2. The van der Waals surface area contributed by atoms with Crippen LogP contribution in [0.25, 0.3) is 11.1 Å². The van der Waals surface area contributed by atoms with Gasteiger partial charge in [0.25, 0.3) is 0 Å². The van der Waals surface area contributed by atoms with Crippen molar-refractivity contribution in [3.05, 3.63) is 95.1 Å². The van der Waals surface area contributed by atoms with Crippen LogP contribution in [0.2, 0.25) is 0 Å². The second-order valence-electron chi connectivity index (χ2n) is 10.9. The van der Waals surface area contributed by atoms with Crippen LogP contribution in [0.5, 0.6) is 0 Å². The Balaban J connectivity index is 1.36. The van der Waals surface area contributed by atoms with Crippen molar-refractivity contribution in [2.75, 3.05) is 26.2 Å². The number of ether oxygens (including phenoxy) is 2. The molecule has 0 radical (unpaired) electrons. The summed E-state index contributed by atoms with van der Waals surface area (Å²) in [7, 11) is 0. The van der Waals surface area contributed by atoms with Crippen LogP contribution in [0.4, 0.5) is 4.79 Å². The van der Waals surface area contributed by atoms with Gasteiger partial charge in [-0.1, -0.05) is 60.7 Å². The second-order valence-corrected chi connectivity index (χ2v) is 10.9. The molecule has 8 nitrogen and oxygen atoms in total. The zero-order valence-electron chi connectivity index (χ0n) is 23.7. The highest BCUT2D eigenvalue weighted by Gasteiger charge is 2.35. The fourth-order valence-electron chi connectivity index (χ4n) is 5.77. The first-order chi connectivity index (χ1) is 20.1. The molecule has 0 aliphatic carbocycles. The average molecular weight is 560 g/mol. The van der Waals surface area contributed by atoms with E-state index in [-0.39, 0.29) is 37.5 Å². The van der Waals surface area contributed by atoms with E-state index in [1.807, 2.05) is 55.5 Å². The van der Waals surface area contributed by atoms with E-state index in [1.54, 1.807) is 0 Å². The highest BCUT2D eigenvalue weighted by Crippen LogP contribution is 2.39. The van der Waals surface area contributed by atoms with Gasteiger partial charge in [0.2, 0.25) is 0 Å². The zero-order valence-corrected chi connectivity index (χ0v) is 23.7. The highest BCUT2D eigenvalue weighted by atomic mass is 16.7. The van der Waals surface area contributed by atoms with Crippen molar-refractivity contribution in [2.24, 2.45) is 0 Å². The summed E-state index contributed by atoms with van der Waals surface area (Å²) in [5.74, 6) is 0. The number of nitrogens with zero attached hydrogens (tertiary/aromatic N) is 1. The minimum atomic E-state index is -0.547. The Bertz CT molecular complexity index is 1280. The number of carbonyl (C=O) groups is 1. The highest BCUT2D eigenvalue weighted by molar-refractivity contribution is 5.74. The maximum atomic E-state index is 11.8. The molecule has 218 valence electrons.